The van der Waals surface area contributed by atoms with Crippen LogP contribution >= 0.6 is 0 Å². The number of amides is 2. The van der Waals surface area contributed by atoms with E-state index in [0.717, 1.165) is 34.3 Å². The fourth-order valence-electron chi connectivity index (χ4n) is 3.69. The number of aryl methyl sites for hydroxylation is 1. The van der Waals surface area contributed by atoms with Gasteiger partial charge in [0.05, 0.1) is 12.1 Å². The Bertz CT molecular complexity index is 1170. The van der Waals surface area contributed by atoms with Crippen LogP contribution in [0.5, 0.6) is 0 Å². The summed E-state index contributed by atoms with van der Waals surface area (Å²) < 4.78 is 0. The molecular weight excluding hydrogens is 432 g/mol. The van der Waals surface area contributed by atoms with Gasteiger partial charge in [0, 0.05) is 57.1 Å². The predicted molar refractivity (Wildman–Crippen MR) is 134 cm³/mol. The van der Waals surface area contributed by atoms with Gasteiger partial charge in [-0.25, -0.2) is 15.0 Å². The average molecular weight is 465 g/mol. The van der Waals surface area contributed by atoms with E-state index < -0.39 is 5.91 Å². The van der Waals surface area contributed by atoms with Crippen LogP contribution in [0.15, 0.2) is 36.7 Å². The first kappa shape index (κ1) is 24.8. The molecule has 3 rings (SSSR count). The average Bonchev–Trinajstić information content (AvgIpc) is 2.82. The van der Waals surface area contributed by atoms with Gasteiger partial charge in [-0.3, -0.25) is 9.59 Å². The van der Waals surface area contributed by atoms with Crippen LogP contribution in [0.4, 0.5) is 11.6 Å². The number of hydrogen-bond acceptors (Lipinski definition) is 8. The number of benzene rings is 1. The van der Waals surface area contributed by atoms with Crippen LogP contribution in [-0.4, -0.2) is 72.4 Å². The number of aromatic nitrogens is 3. The zero-order chi connectivity index (χ0) is 24.7. The summed E-state index contributed by atoms with van der Waals surface area (Å²) in [7, 11) is 5.52. The zero-order valence-corrected chi connectivity index (χ0v) is 20.1. The lowest BCUT2D eigenvalue weighted by molar-refractivity contribution is -0.128. The van der Waals surface area contributed by atoms with Gasteiger partial charge in [-0.1, -0.05) is 18.2 Å². The lowest BCUT2D eigenvalue weighted by Crippen LogP contribution is -2.36. The molecular formula is C24H32N8O2. The number of carbonyl (C=O) groups is 2. The van der Waals surface area contributed by atoms with Crippen molar-refractivity contribution in [2.24, 2.45) is 0 Å². The third-order valence-electron chi connectivity index (χ3n) is 5.59. The van der Waals surface area contributed by atoms with E-state index in [1.54, 1.807) is 19.0 Å². The molecule has 10 nitrogen and oxygen atoms in total. The minimum atomic E-state index is -0.395. The van der Waals surface area contributed by atoms with E-state index in [1.165, 1.54) is 12.4 Å². The van der Waals surface area contributed by atoms with Gasteiger partial charge in [-0.15, -0.1) is 0 Å². The molecule has 0 aliphatic heterocycles. The van der Waals surface area contributed by atoms with Crippen LogP contribution < -0.4 is 21.3 Å². The Morgan fingerprint density at radius 2 is 1.88 bits per heavy atom. The molecule has 34 heavy (non-hydrogen) atoms. The minimum absolute atomic E-state index is 0.0521. The second-order valence-electron chi connectivity index (χ2n) is 8.21. The number of nitrogens with two attached hydrogens (primary N) is 1. The highest BCUT2D eigenvalue weighted by atomic mass is 16.2. The van der Waals surface area contributed by atoms with Crippen molar-refractivity contribution in [3.05, 3.63) is 53.5 Å². The number of likely N-dealkylation sites (N-methyl/N-ethyl adjacent to an activating group) is 2. The largest absolute Gasteiger partial charge is 0.382 e. The van der Waals surface area contributed by atoms with Crippen molar-refractivity contribution in [3.8, 4) is 0 Å². The molecule has 4 N–H and O–H groups in total. The van der Waals surface area contributed by atoms with E-state index in [0.29, 0.717) is 19.6 Å². The molecule has 2 heterocycles. The quantitative estimate of drug-likeness (QED) is 0.410. The Balaban J connectivity index is 1.79. The van der Waals surface area contributed by atoms with Crippen molar-refractivity contribution >= 4 is 34.4 Å². The Morgan fingerprint density at radius 3 is 2.62 bits per heavy atom. The number of nitrogens with zero attached hydrogens (tertiary/aromatic N) is 5. The van der Waals surface area contributed by atoms with Crippen molar-refractivity contribution in [2.75, 3.05) is 51.4 Å². The molecule has 0 saturated carbocycles. The molecule has 0 spiro atoms. The first-order valence-electron chi connectivity index (χ1n) is 11.2. The summed E-state index contributed by atoms with van der Waals surface area (Å²) in [6.07, 6.45) is 3.65. The number of nitrogen functional groups attached to an aromatic ring is 1. The number of nitrogens with one attached hydrogen (secondary N) is 2. The van der Waals surface area contributed by atoms with Crippen LogP contribution in [-0.2, 0) is 11.3 Å². The van der Waals surface area contributed by atoms with E-state index >= 15 is 0 Å². The third kappa shape index (κ3) is 5.96. The maximum Gasteiger partial charge on any atom is 0.273 e. The highest BCUT2D eigenvalue weighted by Crippen LogP contribution is 2.25. The van der Waals surface area contributed by atoms with Gasteiger partial charge in [-0.2, -0.15) is 0 Å². The van der Waals surface area contributed by atoms with Crippen LogP contribution in [0.25, 0.3) is 10.9 Å². The summed E-state index contributed by atoms with van der Waals surface area (Å²) in [6, 6.07) is 8.07. The summed E-state index contributed by atoms with van der Waals surface area (Å²) in [5, 5.41) is 6.76. The van der Waals surface area contributed by atoms with E-state index in [-0.39, 0.29) is 24.0 Å². The summed E-state index contributed by atoms with van der Waals surface area (Å²) >= 11 is 0. The number of carbonyl (C=O) groups excluding carboxylic acids is 2. The number of anilines is 2. The fourth-order valence-corrected chi connectivity index (χ4v) is 3.69. The van der Waals surface area contributed by atoms with Crippen LogP contribution in [0.2, 0.25) is 0 Å². The highest BCUT2D eigenvalue weighted by Gasteiger charge is 2.16. The van der Waals surface area contributed by atoms with E-state index in [9.17, 15) is 9.59 Å². The first-order chi connectivity index (χ1) is 16.3. The molecule has 0 aliphatic rings. The lowest BCUT2D eigenvalue weighted by atomic mass is 10.1. The molecule has 0 radical (unpaired) electrons. The molecule has 0 bridgehead atoms. The van der Waals surface area contributed by atoms with Crippen molar-refractivity contribution < 1.29 is 9.59 Å². The van der Waals surface area contributed by atoms with Gasteiger partial charge in [0.2, 0.25) is 5.91 Å². The predicted octanol–water partition coefficient (Wildman–Crippen LogP) is 1.35. The highest BCUT2D eigenvalue weighted by molar-refractivity contribution is 5.96. The molecule has 2 aromatic heterocycles. The summed E-state index contributed by atoms with van der Waals surface area (Å²) in [5.41, 5.74) is 8.75. The molecule has 1 aromatic carbocycles. The summed E-state index contributed by atoms with van der Waals surface area (Å²) in [6.45, 7) is 3.93. The van der Waals surface area contributed by atoms with Crippen LogP contribution in [0, 0.1) is 6.92 Å². The van der Waals surface area contributed by atoms with Crippen molar-refractivity contribution in [3.63, 3.8) is 0 Å². The number of fused-ring (bicyclic) bond motifs is 1. The smallest absolute Gasteiger partial charge is 0.273 e. The van der Waals surface area contributed by atoms with E-state index in [4.69, 9.17) is 10.7 Å². The number of para-hydroxylation sites is 1. The Kier molecular flexibility index (Phi) is 8.31. The second-order valence-corrected chi connectivity index (χ2v) is 8.21. The molecule has 2 amide bonds. The number of pyridine rings is 1. The van der Waals surface area contributed by atoms with Crippen LogP contribution in [0.3, 0.4) is 0 Å². The standard InChI is InChI=1S/C24H32N8O2/c1-16-7-5-8-17-13-18(14-29-24(34)21-22(25)28-10-9-27-21)23(30-20(16)17)32(4)12-6-11-31(3)19(33)15-26-2/h5,7-10,13,26H,6,11-12,14-15H2,1-4H3,(H2,25,28)(H,29,34). The molecule has 10 heteroatoms. The van der Waals surface area contributed by atoms with Gasteiger partial charge in [0.15, 0.2) is 11.5 Å². The number of hydrogen-bond donors (Lipinski definition) is 3. The van der Waals surface area contributed by atoms with Gasteiger partial charge < -0.3 is 26.2 Å². The zero-order valence-electron chi connectivity index (χ0n) is 20.1. The number of rotatable bonds is 10. The van der Waals surface area contributed by atoms with Gasteiger partial charge >= 0.3 is 0 Å². The van der Waals surface area contributed by atoms with Gasteiger partial charge in [-0.05, 0) is 32.0 Å². The topological polar surface area (TPSA) is 129 Å². The maximum absolute atomic E-state index is 12.6. The monoisotopic (exact) mass is 464 g/mol. The Labute approximate surface area is 199 Å². The van der Waals surface area contributed by atoms with Crippen molar-refractivity contribution in [1.29, 1.82) is 0 Å². The van der Waals surface area contributed by atoms with E-state index in [2.05, 4.69) is 25.5 Å². The summed E-state index contributed by atoms with van der Waals surface area (Å²) in [4.78, 5) is 41.3. The molecule has 180 valence electrons. The second kappa shape index (κ2) is 11.4. The SMILES string of the molecule is CNCC(=O)N(C)CCCN(C)c1nc2c(C)cccc2cc1CNC(=O)c1nccnc1N. The van der Waals surface area contributed by atoms with E-state index in [1.807, 2.05) is 38.2 Å². The van der Waals surface area contributed by atoms with Gasteiger partial charge in [0.25, 0.3) is 5.91 Å². The van der Waals surface area contributed by atoms with Crippen molar-refractivity contribution in [2.45, 2.75) is 19.9 Å². The molecule has 0 atom stereocenters. The fraction of sp³-hybridized carbons (Fsp3) is 0.375. The third-order valence-corrected chi connectivity index (χ3v) is 5.59. The van der Waals surface area contributed by atoms with Gasteiger partial charge in [0.1, 0.15) is 5.82 Å². The molecule has 0 fully saturated rings. The summed E-state index contributed by atoms with van der Waals surface area (Å²) in [5.74, 6) is 0.518. The lowest BCUT2D eigenvalue weighted by Gasteiger charge is -2.24. The molecule has 3 aromatic rings. The first-order valence-corrected chi connectivity index (χ1v) is 11.2. The maximum atomic E-state index is 12.6. The molecule has 0 saturated heterocycles. The normalized spacial score (nSPS) is 10.8. The van der Waals surface area contributed by atoms with Crippen LogP contribution in [0.1, 0.15) is 28.0 Å². The van der Waals surface area contributed by atoms with Crippen molar-refractivity contribution in [1.82, 2.24) is 30.5 Å². The minimum Gasteiger partial charge on any atom is -0.382 e. The molecule has 0 unspecified atom stereocenters. The Hall–Kier alpha value is -3.79. The molecule has 0 aliphatic carbocycles. The Morgan fingerprint density at radius 1 is 1.12 bits per heavy atom.